The van der Waals surface area contributed by atoms with E-state index in [1.165, 1.54) is 18.2 Å². The lowest BCUT2D eigenvalue weighted by molar-refractivity contribution is -0.275. The maximum Gasteiger partial charge on any atom is 0.435 e. The Bertz CT molecular complexity index is 1280. The average Bonchev–Trinajstić information content (AvgIpc) is 3.23. The van der Waals surface area contributed by atoms with Gasteiger partial charge in [-0.05, 0) is 63.1 Å². The number of rotatable bonds is 4. The number of hydrogen-bond donors (Lipinski definition) is 0. The van der Waals surface area contributed by atoms with E-state index in [2.05, 4.69) is 11.7 Å². The summed E-state index contributed by atoms with van der Waals surface area (Å²) in [5, 5.41) is 2.45. The second kappa shape index (κ2) is 9.98. The Balaban J connectivity index is 1.93. The number of imide groups is 1. The number of halogens is 6. The number of carbonyl (C=O) groups excluding carboxylic acids is 2. The number of aryl methyl sites for hydroxylation is 1. The van der Waals surface area contributed by atoms with Crippen LogP contribution in [0.1, 0.15) is 54.2 Å². The third-order valence-electron chi connectivity index (χ3n) is 5.42. The number of nitrogens with zero attached hydrogens (tertiary/aromatic N) is 2. The maximum absolute atomic E-state index is 14.2. The molecule has 2 aromatic rings. The molecule has 0 saturated carbocycles. The standard InChI is InChI=1S/C25H22Cl2F4N2O4/c1-6-33(22(35)36-23(3,4)5)21(34)16-8-7-14(9-13(16)2)19-12-24(37-32-19,25(29,30)31)15-10-17(26)20(28)18(27)11-15/h6-11H,1,12H2,2-5H3/t24-/m0/s1. The van der Waals surface area contributed by atoms with Gasteiger partial charge in [0.2, 0.25) is 0 Å². The molecule has 3 rings (SSSR count). The Hall–Kier alpha value is -3.11. The highest BCUT2D eigenvalue weighted by Gasteiger charge is 2.62. The predicted molar refractivity (Wildman–Crippen MR) is 130 cm³/mol. The third kappa shape index (κ3) is 5.60. The van der Waals surface area contributed by atoms with Gasteiger partial charge in [-0.15, -0.1) is 0 Å². The van der Waals surface area contributed by atoms with E-state index in [1.54, 1.807) is 27.7 Å². The minimum atomic E-state index is -4.97. The zero-order valence-electron chi connectivity index (χ0n) is 20.2. The highest BCUT2D eigenvalue weighted by molar-refractivity contribution is 6.35. The van der Waals surface area contributed by atoms with Crippen molar-refractivity contribution in [2.75, 3.05) is 0 Å². The van der Waals surface area contributed by atoms with Crippen molar-refractivity contribution in [3.05, 3.63) is 81.2 Å². The molecule has 0 aromatic heterocycles. The van der Waals surface area contributed by atoms with Crippen LogP contribution in [0.2, 0.25) is 10.0 Å². The molecule has 0 fully saturated rings. The van der Waals surface area contributed by atoms with Crippen LogP contribution in [0, 0.1) is 12.7 Å². The van der Waals surface area contributed by atoms with Gasteiger partial charge in [0, 0.05) is 23.7 Å². The van der Waals surface area contributed by atoms with Gasteiger partial charge in [-0.1, -0.05) is 41.0 Å². The first-order chi connectivity index (χ1) is 17.0. The lowest BCUT2D eigenvalue weighted by Crippen LogP contribution is -2.42. The van der Waals surface area contributed by atoms with Crippen molar-refractivity contribution in [2.24, 2.45) is 5.16 Å². The monoisotopic (exact) mass is 560 g/mol. The lowest BCUT2D eigenvalue weighted by Gasteiger charge is -2.29. The van der Waals surface area contributed by atoms with E-state index in [9.17, 15) is 27.2 Å². The number of amides is 2. The molecule has 1 heterocycles. The van der Waals surface area contributed by atoms with Crippen LogP contribution in [-0.2, 0) is 15.2 Å². The Morgan fingerprint density at radius 2 is 1.76 bits per heavy atom. The molecule has 0 saturated heterocycles. The summed E-state index contributed by atoms with van der Waals surface area (Å²) in [4.78, 5) is 31.0. The molecule has 0 radical (unpaired) electrons. The van der Waals surface area contributed by atoms with Gasteiger partial charge in [0.15, 0.2) is 5.82 Å². The number of hydrogen-bond acceptors (Lipinski definition) is 5. The van der Waals surface area contributed by atoms with E-state index < -0.39 is 57.2 Å². The zero-order valence-corrected chi connectivity index (χ0v) is 21.7. The summed E-state index contributed by atoms with van der Waals surface area (Å²) >= 11 is 11.5. The summed E-state index contributed by atoms with van der Waals surface area (Å²) in [6, 6.07) is 5.73. The van der Waals surface area contributed by atoms with Crippen molar-refractivity contribution in [1.82, 2.24) is 4.90 Å². The highest BCUT2D eigenvalue weighted by atomic mass is 35.5. The van der Waals surface area contributed by atoms with E-state index in [1.807, 2.05) is 0 Å². The van der Waals surface area contributed by atoms with Crippen molar-refractivity contribution in [2.45, 2.75) is 51.5 Å². The van der Waals surface area contributed by atoms with Crippen LogP contribution >= 0.6 is 23.2 Å². The average molecular weight is 561 g/mol. The summed E-state index contributed by atoms with van der Waals surface area (Å²) in [7, 11) is 0. The van der Waals surface area contributed by atoms with E-state index in [-0.39, 0.29) is 16.8 Å². The van der Waals surface area contributed by atoms with Crippen LogP contribution in [0.15, 0.2) is 48.3 Å². The van der Waals surface area contributed by atoms with Gasteiger partial charge in [-0.3, -0.25) is 4.79 Å². The number of carbonyl (C=O) groups is 2. The number of oxime groups is 1. The molecule has 0 unspecified atom stereocenters. The summed E-state index contributed by atoms with van der Waals surface area (Å²) in [6.07, 6.45) is -5.66. The fraction of sp³-hybridized carbons (Fsp3) is 0.320. The molecule has 0 N–H and O–H groups in total. The minimum absolute atomic E-state index is 0.0799. The van der Waals surface area contributed by atoms with Crippen molar-refractivity contribution in [3.63, 3.8) is 0 Å². The largest absolute Gasteiger partial charge is 0.443 e. The molecular formula is C25H22Cl2F4N2O4. The van der Waals surface area contributed by atoms with E-state index in [0.717, 1.165) is 18.3 Å². The van der Waals surface area contributed by atoms with E-state index in [0.29, 0.717) is 10.5 Å². The molecule has 1 aliphatic rings. The molecule has 0 bridgehead atoms. The Morgan fingerprint density at radius 3 is 2.24 bits per heavy atom. The predicted octanol–water partition coefficient (Wildman–Crippen LogP) is 7.54. The van der Waals surface area contributed by atoms with Crippen LogP contribution < -0.4 is 0 Å². The first kappa shape index (κ1) is 28.5. The molecule has 0 spiro atoms. The van der Waals surface area contributed by atoms with Crippen LogP contribution in [0.4, 0.5) is 22.4 Å². The van der Waals surface area contributed by atoms with Crippen LogP contribution in [-0.4, -0.2) is 34.4 Å². The van der Waals surface area contributed by atoms with Gasteiger partial charge in [0.1, 0.15) is 5.60 Å². The Morgan fingerprint density at radius 1 is 1.16 bits per heavy atom. The maximum atomic E-state index is 14.2. The first-order valence-corrected chi connectivity index (χ1v) is 11.5. The van der Waals surface area contributed by atoms with Gasteiger partial charge in [0.25, 0.3) is 11.5 Å². The van der Waals surface area contributed by atoms with Gasteiger partial charge < -0.3 is 9.57 Å². The number of ether oxygens (including phenoxy) is 1. The van der Waals surface area contributed by atoms with Crippen LogP contribution in [0.25, 0.3) is 0 Å². The van der Waals surface area contributed by atoms with Crippen molar-refractivity contribution < 1.29 is 36.7 Å². The SMILES string of the molecule is C=CN(C(=O)OC(C)(C)C)C(=O)c1ccc(C2=NO[C@@](c3cc(Cl)c(F)c(Cl)c3)(C(F)(F)F)C2)cc1C. The molecule has 2 aromatic carbocycles. The smallest absolute Gasteiger partial charge is 0.435 e. The molecule has 12 heteroatoms. The second-order valence-corrected chi connectivity index (χ2v) is 10.1. The van der Waals surface area contributed by atoms with Crippen LogP contribution in [0.5, 0.6) is 0 Å². The molecule has 6 nitrogen and oxygen atoms in total. The van der Waals surface area contributed by atoms with Gasteiger partial charge in [-0.2, -0.15) is 13.2 Å². The zero-order chi connectivity index (χ0) is 27.9. The Labute approximate surface area is 220 Å². The van der Waals surface area contributed by atoms with Gasteiger partial charge in [-0.25, -0.2) is 14.1 Å². The molecule has 1 aliphatic heterocycles. The molecule has 1 atom stereocenters. The molecule has 0 aliphatic carbocycles. The summed E-state index contributed by atoms with van der Waals surface area (Å²) in [6.45, 7) is 9.92. The molecule has 2 amide bonds. The summed E-state index contributed by atoms with van der Waals surface area (Å²) < 4.78 is 61.8. The van der Waals surface area contributed by atoms with Crippen molar-refractivity contribution in [1.29, 1.82) is 0 Å². The van der Waals surface area contributed by atoms with E-state index >= 15 is 0 Å². The molecule has 198 valence electrons. The number of alkyl halides is 3. The van der Waals surface area contributed by atoms with E-state index in [4.69, 9.17) is 32.8 Å². The van der Waals surface area contributed by atoms with Crippen molar-refractivity contribution >= 4 is 40.9 Å². The van der Waals surface area contributed by atoms with Crippen LogP contribution in [0.3, 0.4) is 0 Å². The third-order valence-corrected chi connectivity index (χ3v) is 5.97. The normalized spacial score (nSPS) is 17.6. The summed E-state index contributed by atoms with van der Waals surface area (Å²) in [5.74, 6) is -1.79. The second-order valence-electron chi connectivity index (χ2n) is 9.25. The first-order valence-electron chi connectivity index (χ1n) is 10.8. The minimum Gasteiger partial charge on any atom is -0.443 e. The van der Waals surface area contributed by atoms with Gasteiger partial charge in [0.05, 0.1) is 15.8 Å². The fourth-order valence-electron chi connectivity index (χ4n) is 3.61. The lowest BCUT2D eigenvalue weighted by atomic mass is 9.86. The molecule has 37 heavy (non-hydrogen) atoms. The fourth-order valence-corrected chi connectivity index (χ4v) is 4.10. The van der Waals surface area contributed by atoms with Gasteiger partial charge >= 0.3 is 12.3 Å². The topological polar surface area (TPSA) is 68.2 Å². The molecular weight excluding hydrogens is 539 g/mol. The Kier molecular flexibility index (Phi) is 7.68. The quantitative estimate of drug-likeness (QED) is 0.286. The van der Waals surface area contributed by atoms with Crippen molar-refractivity contribution in [3.8, 4) is 0 Å². The summed E-state index contributed by atoms with van der Waals surface area (Å²) in [5.41, 5.74) is -3.74. The number of benzene rings is 2. The highest BCUT2D eigenvalue weighted by Crippen LogP contribution is 2.50.